The molecule has 14 heteroatoms. The van der Waals surface area contributed by atoms with Gasteiger partial charge < -0.3 is 40.2 Å². The second kappa shape index (κ2) is 15.1. The summed E-state index contributed by atoms with van der Waals surface area (Å²) in [7, 11) is 2.62. The van der Waals surface area contributed by atoms with Gasteiger partial charge in [-0.15, -0.1) is 0 Å². The summed E-state index contributed by atoms with van der Waals surface area (Å²) in [5.74, 6) is 2.11. The van der Waals surface area contributed by atoms with Gasteiger partial charge in [-0.3, -0.25) is 14.6 Å². The highest BCUT2D eigenvalue weighted by Crippen LogP contribution is 2.53. The van der Waals surface area contributed by atoms with Crippen LogP contribution >= 0.6 is 0 Å². The number of hydrogen-bond acceptors (Lipinski definition) is 9. The SMILES string of the molecule is COC(=O)N[C@H](C(=O)N1C[C@@H]2CC[C@@]1(C1=NCC(c3ccc4cc(-c5ccc6nc([C@@]78CC[C@@H](CN7C(=O)[C@@H](NC(=O)OC)C(C)C)C8)[nH]c6c5)ccc4c3)N1)C2)C(C)C. The Morgan fingerprint density at radius 1 is 0.750 bits per heavy atom. The van der Waals surface area contributed by atoms with Crippen molar-refractivity contribution in [3.63, 3.8) is 0 Å². The minimum absolute atomic E-state index is 0.0119. The number of piperidine rings is 2. The molecule has 3 aliphatic heterocycles. The van der Waals surface area contributed by atoms with E-state index in [1.54, 1.807) is 0 Å². The number of nitrogens with one attached hydrogen (secondary N) is 4. The second-order valence-corrected chi connectivity index (χ2v) is 18.4. The van der Waals surface area contributed by atoms with Crippen molar-refractivity contribution in [3.05, 3.63) is 66.0 Å². The monoisotopic (exact) mass is 816 g/mol. The first-order valence-corrected chi connectivity index (χ1v) is 21.5. The maximum atomic E-state index is 14.0. The topological polar surface area (TPSA) is 170 Å². The van der Waals surface area contributed by atoms with E-state index in [1.165, 1.54) is 14.2 Å². The van der Waals surface area contributed by atoms with Crippen LogP contribution in [0.1, 0.15) is 83.6 Å². The Balaban J connectivity index is 0.919. The lowest BCUT2D eigenvalue weighted by atomic mass is 9.92. The summed E-state index contributed by atoms with van der Waals surface area (Å²) in [4.78, 5) is 70.1. The number of ether oxygens (including phenoxy) is 2. The van der Waals surface area contributed by atoms with Gasteiger partial charge in [0.15, 0.2) is 0 Å². The molecule has 1 unspecified atom stereocenters. The van der Waals surface area contributed by atoms with Crippen LogP contribution in [0.15, 0.2) is 59.6 Å². The standard InChI is InChI=1S/C46H56N8O6/c1-25(2)37(51-43(57)59-5)39(55)53-23-27-13-15-45(53,20-27)41-47-22-36(50-41)33-10-9-29-17-30(7-8-31(29)18-33)32-11-12-34-35(19-32)49-42(48-34)46-16-14-28(21-46)24-54(46)40(56)38(26(3)4)52-44(58)60-6/h7-12,17-19,25-28,36-38H,13-16,20-24H2,1-6H3,(H,47,50)(H,48,49)(H,51,57)(H,52,58)/t27-,28-,36?,37+,38+,45+,46+/m1/s1. The molecule has 14 nitrogen and oxygen atoms in total. The molecule has 60 heavy (non-hydrogen) atoms. The number of imidazole rings is 1. The summed E-state index contributed by atoms with van der Waals surface area (Å²) in [5, 5.41) is 11.5. The minimum atomic E-state index is -0.689. The van der Waals surface area contributed by atoms with Gasteiger partial charge in [0.25, 0.3) is 0 Å². The summed E-state index contributed by atoms with van der Waals surface area (Å²) in [6.07, 6.45) is 4.27. The van der Waals surface area contributed by atoms with Crippen LogP contribution in [0.25, 0.3) is 32.9 Å². The van der Waals surface area contributed by atoms with Crippen LogP contribution in [0.3, 0.4) is 0 Å². The Labute approximate surface area is 350 Å². The van der Waals surface area contributed by atoms with E-state index < -0.39 is 35.3 Å². The molecule has 2 aliphatic carbocycles. The molecule has 4 aromatic rings. The number of hydrogen-bond donors (Lipinski definition) is 4. The summed E-state index contributed by atoms with van der Waals surface area (Å²) >= 11 is 0. The predicted molar refractivity (Wildman–Crippen MR) is 228 cm³/mol. The summed E-state index contributed by atoms with van der Waals surface area (Å²) < 4.78 is 9.68. The number of H-pyrrole nitrogens is 1. The number of methoxy groups -OCH3 is 2. The molecule has 4 heterocycles. The molecule has 3 aromatic carbocycles. The van der Waals surface area contributed by atoms with E-state index in [-0.39, 0.29) is 29.7 Å². The van der Waals surface area contributed by atoms with Gasteiger partial charge in [-0.05, 0) is 114 Å². The first-order valence-electron chi connectivity index (χ1n) is 21.5. The molecule has 316 valence electrons. The van der Waals surface area contributed by atoms with Crippen LogP contribution in [0.2, 0.25) is 0 Å². The third-order valence-electron chi connectivity index (χ3n) is 14.1. The zero-order chi connectivity index (χ0) is 42.1. The molecule has 4 fully saturated rings. The molecule has 9 rings (SSSR count). The number of rotatable bonds is 10. The fourth-order valence-corrected chi connectivity index (χ4v) is 10.9. The van der Waals surface area contributed by atoms with E-state index in [0.29, 0.717) is 31.5 Å². The summed E-state index contributed by atoms with van der Waals surface area (Å²) in [6, 6.07) is 18.0. The van der Waals surface area contributed by atoms with Crippen molar-refractivity contribution < 1.29 is 28.7 Å². The highest BCUT2D eigenvalue weighted by Gasteiger charge is 2.58. The number of amidine groups is 1. The van der Waals surface area contributed by atoms with E-state index >= 15 is 0 Å². The molecule has 5 aliphatic rings. The minimum Gasteiger partial charge on any atom is -0.453 e. The first kappa shape index (κ1) is 39.8. The maximum absolute atomic E-state index is 14.0. The zero-order valence-electron chi connectivity index (χ0n) is 35.3. The molecule has 4 bridgehead atoms. The number of alkyl carbamates (subject to hydrolysis) is 2. The second-order valence-electron chi connectivity index (χ2n) is 18.4. The Bertz CT molecular complexity index is 2410. The maximum Gasteiger partial charge on any atom is 0.407 e. The number of aliphatic imine (C=N–C) groups is 1. The van der Waals surface area contributed by atoms with Crippen LogP contribution in [-0.2, 0) is 24.6 Å². The van der Waals surface area contributed by atoms with Crippen molar-refractivity contribution in [2.45, 2.75) is 95.4 Å². The van der Waals surface area contributed by atoms with Gasteiger partial charge in [0, 0.05) is 13.1 Å². The van der Waals surface area contributed by atoms with Crippen molar-refractivity contribution in [1.82, 2.24) is 35.7 Å². The number of carbonyl (C=O) groups is 4. The molecule has 4 N–H and O–H groups in total. The zero-order valence-corrected chi connectivity index (χ0v) is 35.3. The average Bonchev–Trinajstić information content (AvgIpc) is 4.12. The van der Waals surface area contributed by atoms with Crippen molar-refractivity contribution in [2.24, 2.45) is 28.7 Å². The number of aromatic nitrogens is 2. The van der Waals surface area contributed by atoms with Gasteiger partial charge in [-0.2, -0.15) is 0 Å². The number of fused-ring (bicyclic) bond motifs is 6. The number of aromatic amines is 1. The number of benzene rings is 3. The smallest absolute Gasteiger partial charge is 0.407 e. The Kier molecular flexibility index (Phi) is 10.0. The van der Waals surface area contributed by atoms with Crippen LogP contribution in [0, 0.1) is 23.7 Å². The average molecular weight is 817 g/mol. The van der Waals surface area contributed by atoms with E-state index in [9.17, 15) is 19.2 Å². The van der Waals surface area contributed by atoms with Crippen LogP contribution in [-0.4, -0.2) is 101 Å². The van der Waals surface area contributed by atoms with Gasteiger partial charge in [-0.1, -0.05) is 58.0 Å². The Morgan fingerprint density at radius 3 is 1.93 bits per heavy atom. The van der Waals surface area contributed by atoms with Crippen LogP contribution in [0.4, 0.5) is 9.59 Å². The van der Waals surface area contributed by atoms with E-state index in [1.807, 2.05) is 43.6 Å². The summed E-state index contributed by atoms with van der Waals surface area (Å²) in [6.45, 7) is 9.64. The van der Waals surface area contributed by atoms with Gasteiger partial charge in [-0.25, -0.2) is 14.6 Å². The van der Waals surface area contributed by atoms with E-state index in [4.69, 9.17) is 19.5 Å². The van der Waals surface area contributed by atoms with E-state index in [2.05, 4.69) is 69.5 Å². The third kappa shape index (κ3) is 6.62. The fourth-order valence-electron chi connectivity index (χ4n) is 10.9. The largest absolute Gasteiger partial charge is 0.453 e. The Morgan fingerprint density at radius 2 is 1.32 bits per heavy atom. The van der Waals surface area contributed by atoms with Gasteiger partial charge in [0.1, 0.15) is 34.8 Å². The number of likely N-dealkylation sites (tertiary alicyclic amines) is 2. The number of carbonyl (C=O) groups excluding carboxylic acids is 4. The van der Waals surface area contributed by atoms with Crippen molar-refractivity contribution in [3.8, 4) is 11.1 Å². The molecule has 2 saturated heterocycles. The van der Waals surface area contributed by atoms with Gasteiger partial charge in [0.2, 0.25) is 11.8 Å². The first-order chi connectivity index (χ1) is 28.8. The normalized spacial score (nSPS) is 26.5. The van der Waals surface area contributed by atoms with Gasteiger partial charge in [0.05, 0.1) is 37.8 Å². The van der Waals surface area contributed by atoms with Crippen molar-refractivity contribution in [2.75, 3.05) is 33.9 Å². The molecule has 0 radical (unpaired) electrons. The third-order valence-corrected chi connectivity index (χ3v) is 14.1. The molecule has 7 atom stereocenters. The lowest BCUT2D eigenvalue weighted by molar-refractivity contribution is -0.140. The van der Waals surface area contributed by atoms with Crippen molar-refractivity contribution >= 4 is 51.6 Å². The molecular formula is C46H56N8O6. The van der Waals surface area contributed by atoms with Crippen LogP contribution in [0.5, 0.6) is 0 Å². The lowest BCUT2D eigenvalue weighted by Crippen LogP contribution is -2.61. The van der Waals surface area contributed by atoms with E-state index in [0.717, 1.165) is 88.7 Å². The molecule has 0 spiro atoms. The predicted octanol–water partition coefficient (Wildman–Crippen LogP) is 6.41. The number of nitrogens with zero attached hydrogens (tertiary/aromatic N) is 4. The molecule has 2 saturated carbocycles. The van der Waals surface area contributed by atoms with Crippen molar-refractivity contribution in [1.29, 1.82) is 0 Å². The summed E-state index contributed by atoms with van der Waals surface area (Å²) in [5.41, 5.74) is 4.03. The quantitative estimate of drug-likeness (QED) is 0.142. The highest BCUT2D eigenvalue weighted by molar-refractivity contribution is 5.99. The van der Waals surface area contributed by atoms with Gasteiger partial charge >= 0.3 is 12.2 Å². The highest BCUT2D eigenvalue weighted by atomic mass is 16.5. The van der Waals surface area contributed by atoms with Crippen LogP contribution < -0.4 is 16.0 Å². The Hall–Kier alpha value is -5.66. The fraction of sp³-hybridized carbons (Fsp3) is 0.522. The molecule has 1 aromatic heterocycles. The molecular weight excluding hydrogens is 761 g/mol. The molecule has 4 amide bonds. The number of amides is 4. The lowest BCUT2D eigenvalue weighted by Gasteiger charge is -2.41.